The highest BCUT2D eigenvalue weighted by Crippen LogP contribution is 2.44. The topological polar surface area (TPSA) is 46.3 Å². The minimum Gasteiger partial charge on any atom is -0.397 e. The van der Waals surface area contributed by atoms with E-state index in [1.54, 1.807) is 0 Å². The number of unbranched alkanes of at least 4 members (excludes halogenated alkanes) is 1. The van der Waals surface area contributed by atoms with E-state index in [0.717, 1.165) is 36.3 Å². The Morgan fingerprint density at radius 1 is 1.39 bits per heavy atom. The van der Waals surface area contributed by atoms with Gasteiger partial charge in [0.05, 0.1) is 17.3 Å². The van der Waals surface area contributed by atoms with E-state index < -0.39 is 0 Å². The molecule has 1 aromatic rings. The Morgan fingerprint density at radius 2 is 2.11 bits per heavy atom. The Bertz CT molecular complexity index is 454. The van der Waals surface area contributed by atoms with Crippen molar-refractivity contribution in [3.05, 3.63) is 23.8 Å². The van der Waals surface area contributed by atoms with Gasteiger partial charge in [-0.2, -0.15) is 0 Å². The number of para-hydroxylation sites is 1. The number of nitrogens with two attached hydrogens (primary N) is 1. The van der Waals surface area contributed by atoms with Gasteiger partial charge in [0, 0.05) is 6.54 Å². The molecule has 3 nitrogen and oxygen atoms in total. The van der Waals surface area contributed by atoms with Gasteiger partial charge in [0.25, 0.3) is 0 Å². The highest BCUT2D eigenvalue weighted by molar-refractivity contribution is 6.07. The smallest absolute Gasteiger partial charge is 0.234 e. The molecule has 0 bridgehead atoms. The third-order valence-corrected chi connectivity index (χ3v) is 3.64. The summed E-state index contributed by atoms with van der Waals surface area (Å²) in [5.74, 6) is 0.497. The summed E-state index contributed by atoms with van der Waals surface area (Å²) in [6, 6.07) is 5.87. The molecule has 1 amide bonds. The molecule has 1 aliphatic rings. The minimum atomic E-state index is -0.0274. The number of nitrogen functional groups attached to an aromatic ring is 1. The van der Waals surface area contributed by atoms with Crippen LogP contribution in [-0.2, 0) is 4.79 Å². The van der Waals surface area contributed by atoms with E-state index in [0.29, 0.717) is 5.92 Å². The Morgan fingerprint density at radius 3 is 2.72 bits per heavy atom. The predicted molar refractivity (Wildman–Crippen MR) is 75.7 cm³/mol. The van der Waals surface area contributed by atoms with E-state index in [1.165, 1.54) is 0 Å². The van der Waals surface area contributed by atoms with Crippen molar-refractivity contribution in [2.45, 2.75) is 39.5 Å². The van der Waals surface area contributed by atoms with E-state index in [2.05, 4.69) is 20.8 Å². The zero-order valence-electron chi connectivity index (χ0n) is 11.4. The molecule has 1 aliphatic heterocycles. The lowest BCUT2D eigenvalue weighted by molar-refractivity contribution is -0.120. The number of hydrogen-bond donors (Lipinski definition) is 1. The maximum atomic E-state index is 12.5. The predicted octanol–water partition coefficient (Wildman–Crippen LogP) is 3.16. The van der Waals surface area contributed by atoms with Crippen molar-refractivity contribution in [2.24, 2.45) is 5.92 Å². The molecule has 0 aromatic heterocycles. The maximum absolute atomic E-state index is 12.5. The average Bonchev–Trinajstić information content (AvgIpc) is 2.60. The van der Waals surface area contributed by atoms with E-state index >= 15 is 0 Å². The number of rotatable bonds is 4. The number of amides is 1. The second-order valence-corrected chi connectivity index (χ2v) is 5.35. The van der Waals surface area contributed by atoms with Crippen molar-refractivity contribution >= 4 is 17.3 Å². The van der Waals surface area contributed by atoms with Crippen LogP contribution in [0.1, 0.15) is 45.1 Å². The van der Waals surface area contributed by atoms with Gasteiger partial charge in [-0.3, -0.25) is 4.79 Å². The zero-order chi connectivity index (χ0) is 13.3. The summed E-state index contributed by atoms with van der Waals surface area (Å²) in [5, 5.41) is 0. The first-order chi connectivity index (χ1) is 8.57. The lowest BCUT2D eigenvalue weighted by Crippen LogP contribution is -2.31. The molecule has 0 radical (unpaired) electrons. The Labute approximate surface area is 109 Å². The first kappa shape index (κ1) is 12.9. The molecule has 3 heteroatoms. The van der Waals surface area contributed by atoms with Crippen molar-refractivity contribution in [3.63, 3.8) is 0 Å². The normalized spacial score (nSPS) is 18.6. The van der Waals surface area contributed by atoms with E-state index in [-0.39, 0.29) is 11.8 Å². The number of anilines is 2. The quantitative estimate of drug-likeness (QED) is 0.829. The Balaban J connectivity index is 2.44. The minimum absolute atomic E-state index is 0.0274. The zero-order valence-corrected chi connectivity index (χ0v) is 11.4. The van der Waals surface area contributed by atoms with Gasteiger partial charge in [0.1, 0.15) is 0 Å². The first-order valence-corrected chi connectivity index (χ1v) is 6.77. The molecule has 0 aliphatic carbocycles. The molecule has 18 heavy (non-hydrogen) atoms. The van der Waals surface area contributed by atoms with Gasteiger partial charge in [0.2, 0.25) is 5.91 Å². The number of benzene rings is 1. The highest BCUT2D eigenvalue weighted by Gasteiger charge is 2.39. The van der Waals surface area contributed by atoms with Crippen LogP contribution in [0.25, 0.3) is 0 Å². The van der Waals surface area contributed by atoms with Crippen LogP contribution >= 0.6 is 0 Å². The Kier molecular flexibility index (Phi) is 3.60. The molecule has 2 N–H and O–H groups in total. The third kappa shape index (κ3) is 1.98. The third-order valence-electron chi connectivity index (χ3n) is 3.64. The fraction of sp³-hybridized carbons (Fsp3) is 0.533. The summed E-state index contributed by atoms with van der Waals surface area (Å²) >= 11 is 0. The lowest BCUT2D eigenvalue weighted by atomic mass is 9.89. The van der Waals surface area contributed by atoms with Gasteiger partial charge in [-0.15, -0.1) is 0 Å². The second kappa shape index (κ2) is 5.01. The number of carbonyl (C=O) groups excluding carboxylic acids is 1. The van der Waals surface area contributed by atoms with Crippen LogP contribution in [0.5, 0.6) is 0 Å². The van der Waals surface area contributed by atoms with Crippen LogP contribution in [-0.4, -0.2) is 12.5 Å². The van der Waals surface area contributed by atoms with E-state index in [1.807, 2.05) is 23.1 Å². The van der Waals surface area contributed by atoms with Gasteiger partial charge in [-0.05, 0) is 24.0 Å². The van der Waals surface area contributed by atoms with Crippen LogP contribution in [0.4, 0.5) is 11.4 Å². The standard InChI is InChI=1S/C15H22N2O/c1-4-5-9-17-14-11(7-6-8-12(14)16)13(10(2)3)15(17)18/h6-8,10,13H,4-5,9,16H2,1-3H3. The largest absolute Gasteiger partial charge is 0.397 e. The van der Waals surface area contributed by atoms with Gasteiger partial charge in [-0.1, -0.05) is 39.3 Å². The van der Waals surface area contributed by atoms with Crippen molar-refractivity contribution < 1.29 is 4.79 Å². The Hall–Kier alpha value is -1.51. The van der Waals surface area contributed by atoms with Crippen LogP contribution in [0.2, 0.25) is 0 Å². The SMILES string of the molecule is CCCCN1C(=O)C(C(C)C)c2cccc(N)c21. The summed E-state index contributed by atoms with van der Waals surface area (Å²) in [4.78, 5) is 14.4. The maximum Gasteiger partial charge on any atom is 0.234 e. The molecule has 0 saturated carbocycles. The molecule has 0 fully saturated rings. The van der Waals surface area contributed by atoms with Crippen LogP contribution in [0.3, 0.4) is 0 Å². The molecule has 1 atom stereocenters. The summed E-state index contributed by atoms with van der Waals surface area (Å²) in [5.41, 5.74) is 8.84. The molecule has 1 unspecified atom stereocenters. The number of hydrogen-bond acceptors (Lipinski definition) is 2. The van der Waals surface area contributed by atoms with Crippen molar-refractivity contribution in [3.8, 4) is 0 Å². The first-order valence-electron chi connectivity index (χ1n) is 6.77. The average molecular weight is 246 g/mol. The monoisotopic (exact) mass is 246 g/mol. The molecular weight excluding hydrogens is 224 g/mol. The highest BCUT2D eigenvalue weighted by atomic mass is 16.2. The van der Waals surface area contributed by atoms with E-state index in [9.17, 15) is 4.79 Å². The van der Waals surface area contributed by atoms with Crippen molar-refractivity contribution in [2.75, 3.05) is 17.2 Å². The summed E-state index contributed by atoms with van der Waals surface area (Å²) < 4.78 is 0. The summed E-state index contributed by atoms with van der Waals surface area (Å²) in [7, 11) is 0. The van der Waals surface area contributed by atoms with Crippen LogP contribution in [0.15, 0.2) is 18.2 Å². The van der Waals surface area contributed by atoms with Crippen LogP contribution in [0, 0.1) is 5.92 Å². The molecular formula is C15H22N2O. The molecule has 0 saturated heterocycles. The molecule has 2 rings (SSSR count). The number of carbonyl (C=O) groups is 1. The van der Waals surface area contributed by atoms with Gasteiger partial charge < -0.3 is 10.6 Å². The van der Waals surface area contributed by atoms with Crippen molar-refractivity contribution in [1.82, 2.24) is 0 Å². The molecule has 0 spiro atoms. The lowest BCUT2D eigenvalue weighted by Gasteiger charge is -2.19. The number of nitrogens with zero attached hydrogens (tertiary/aromatic N) is 1. The molecule has 1 heterocycles. The summed E-state index contributed by atoms with van der Waals surface area (Å²) in [6.07, 6.45) is 2.10. The van der Waals surface area contributed by atoms with Gasteiger partial charge in [0.15, 0.2) is 0 Å². The fourth-order valence-corrected chi connectivity index (χ4v) is 2.74. The molecule has 98 valence electrons. The van der Waals surface area contributed by atoms with Crippen LogP contribution < -0.4 is 10.6 Å². The van der Waals surface area contributed by atoms with E-state index in [4.69, 9.17) is 5.73 Å². The number of fused-ring (bicyclic) bond motifs is 1. The van der Waals surface area contributed by atoms with Gasteiger partial charge in [-0.25, -0.2) is 0 Å². The van der Waals surface area contributed by atoms with Gasteiger partial charge >= 0.3 is 0 Å². The molecule has 1 aromatic carbocycles. The summed E-state index contributed by atoms with van der Waals surface area (Å²) in [6.45, 7) is 7.10. The van der Waals surface area contributed by atoms with Crippen molar-refractivity contribution in [1.29, 1.82) is 0 Å². The fourth-order valence-electron chi connectivity index (χ4n) is 2.74. The second-order valence-electron chi connectivity index (χ2n) is 5.35.